The Balaban J connectivity index is 1.48. The third-order valence-corrected chi connectivity index (χ3v) is 4.74. The van der Waals surface area contributed by atoms with Crippen LogP contribution < -0.4 is 0 Å². The molecular weight excluding hydrogens is 370 g/mol. The van der Waals surface area contributed by atoms with E-state index >= 15 is 0 Å². The van der Waals surface area contributed by atoms with E-state index in [0.717, 1.165) is 5.56 Å². The van der Waals surface area contributed by atoms with Crippen molar-refractivity contribution in [3.05, 3.63) is 83.6 Å². The fourth-order valence-electron chi connectivity index (χ4n) is 3.29. The highest BCUT2D eigenvalue weighted by molar-refractivity contribution is 6.10. The molecule has 2 heterocycles. The average molecular weight is 391 g/mol. The Hall–Kier alpha value is -3.09. The van der Waals surface area contributed by atoms with Crippen molar-refractivity contribution in [3.8, 4) is 0 Å². The van der Waals surface area contributed by atoms with E-state index in [4.69, 9.17) is 14.2 Å². The number of carbonyl (C=O) groups excluding carboxylic acids is 2. The molecule has 0 spiro atoms. The average Bonchev–Trinajstić information content (AvgIpc) is 2.75. The SMILES string of the molecule is CC(CC(=O)c1ccccc1)=NC1=C[C@@H]2O[C@@H](c3ccccc3)OC[C@@H]2OC1=O. The second-order valence-electron chi connectivity index (χ2n) is 6.99. The van der Waals surface area contributed by atoms with Gasteiger partial charge >= 0.3 is 5.97 Å². The minimum atomic E-state index is -0.539. The molecule has 2 aliphatic rings. The van der Waals surface area contributed by atoms with E-state index < -0.39 is 24.5 Å². The maximum absolute atomic E-state index is 12.3. The Kier molecular flexibility index (Phi) is 5.64. The molecule has 6 nitrogen and oxygen atoms in total. The van der Waals surface area contributed by atoms with Crippen LogP contribution in [0.1, 0.15) is 35.6 Å². The first-order chi connectivity index (χ1) is 14.1. The van der Waals surface area contributed by atoms with Crippen LogP contribution in [0.25, 0.3) is 0 Å². The standard InChI is InChI=1S/C23H21NO5/c1-15(12-19(25)16-8-4-2-5-9-16)24-18-13-20-21(28-22(18)26)14-27-23(29-20)17-10-6-3-7-11-17/h2-11,13,20-21,23H,12,14H2,1H3/t20-,21-,23-/m0/s1. The van der Waals surface area contributed by atoms with Crippen molar-refractivity contribution in [2.75, 3.05) is 6.61 Å². The highest BCUT2D eigenvalue weighted by atomic mass is 16.7. The number of hydrogen-bond donors (Lipinski definition) is 0. The van der Waals surface area contributed by atoms with Gasteiger partial charge in [-0.25, -0.2) is 4.79 Å². The van der Waals surface area contributed by atoms with Crippen molar-refractivity contribution in [1.29, 1.82) is 0 Å². The lowest BCUT2D eigenvalue weighted by Gasteiger charge is -2.37. The molecule has 3 atom stereocenters. The highest BCUT2D eigenvalue weighted by Crippen LogP contribution is 2.31. The van der Waals surface area contributed by atoms with Crippen molar-refractivity contribution >= 4 is 17.5 Å². The predicted octanol–water partition coefficient (Wildman–Crippen LogP) is 3.64. The topological polar surface area (TPSA) is 74.2 Å². The van der Waals surface area contributed by atoms with Crippen molar-refractivity contribution in [2.24, 2.45) is 4.99 Å². The molecule has 0 aromatic heterocycles. The van der Waals surface area contributed by atoms with Crippen molar-refractivity contribution in [2.45, 2.75) is 31.8 Å². The number of fused-ring (bicyclic) bond motifs is 1. The fraction of sp³-hybridized carbons (Fsp3) is 0.261. The molecule has 0 amide bonds. The number of ketones is 1. The van der Waals surface area contributed by atoms with E-state index in [1.807, 2.05) is 48.5 Å². The summed E-state index contributed by atoms with van der Waals surface area (Å²) in [7, 11) is 0. The predicted molar refractivity (Wildman–Crippen MR) is 106 cm³/mol. The molecule has 2 aromatic rings. The van der Waals surface area contributed by atoms with Gasteiger partial charge < -0.3 is 14.2 Å². The molecule has 0 N–H and O–H groups in total. The minimum absolute atomic E-state index is 0.0547. The number of ether oxygens (including phenoxy) is 3. The van der Waals surface area contributed by atoms with Crippen molar-refractivity contribution < 1.29 is 23.8 Å². The smallest absolute Gasteiger partial charge is 0.357 e. The molecule has 0 radical (unpaired) electrons. The second kappa shape index (κ2) is 8.51. The Morgan fingerprint density at radius 3 is 2.48 bits per heavy atom. The normalized spacial score (nSPS) is 24.3. The van der Waals surface area contributed by atoms with Crippen LogP contribution in [0.3, 0.4) is 0 Å². The number of aliphatic imine (C=N–C) groups is 1. The molecule has 148 valence electrons. The first kappa shape index (κ1) is 19.2. The van der Waals surface area contributed by atoms with E-state index in [2.05, 4.69) is 4.99 Å². The lowest BCUT2D eigenvalue weighted by molar-refractivity contribution is -0.252. The van der Waals surface area contributed by atoms with Crippen LogP contribution in [0.15, 0.2) is 77.4 Å². The van der Waals surface area contributed by atoms with Gasteiger partial charge in [0.25, 0.3) is 0 Å². The third kappa shape index (κ3) is 4.50. The fourth-order valence-corrected chi connectivity index (χ4v) is 3.29. The van der Waals surface area contributed by atoms with Crippen LogP contribution in [-0.2, 0) is 19.0 Å². The molecule has 4 rings (SSSR count). The summed E-state index contributed by atoms with van der Waals surface area (Å²) >= 11 is 0. The summed E-state index contributed by atoms with van der Waals surface area (Å²) in [5.74, 6) is -0.593. The quantitative estimate of drug-likeness (QED) is 0.442. The molecule has 2 aromatic carbocycles. The molecule has 1 fully saturated rings. The Morgan fingerprint density at radius 2 is 1.76 bits per heavy atom. The summed E-state index contributed by atoms with van der Waals surface area (Å²) in [5.41, 5.74) is 2.19. The van der Waals surface area contributed by atoms with Gasteiger partial charge in [0.1, 0.15) is 11.8 Å². The molecule has 0 unspecified atom stereocenters. The Bertz CT molecular complexity index is 952. The number of Topliss-reactive ketones (excluding diaryl/α,β-unsaturated/α-hetero) is 1. The number of esters is 1. The molecule has 1 saturated heterocycles. The third-order valence-electron chi connectivity index (χ3n) is 4.74. The lowest BCUT2D eigenvalue weighted by atomic mass is 10.1. The second-order valence-corrected chi connectivity index (χ2v) is 6.99. The van der Waals surface area contributed by atoms with E-state index in [1.165, 1.54) is 0 Å². The van der Waals surface area contributed by atoms with Gasteiger partial charge in [0, 0.05) is 23.3 Å². The maximum atomic E-state index is 12.3. The molecule has 0 bridgehead atoms. The van der Waals surface area contributed by atoms with Crippen LogP contribution >= 0.6 is 0 Å². The van der Waals surface area contributed by atoms with Gasteiger partial charge in [-0.15, -0.1) is 0 Å². The largest absolute Gasteiger partial charge is 0.452 e. The molecule has 29 heavy (non-hydrogen) atoms. The summed E-state index contributed by atoms with van der Waals surface area (Å²) in [6, 6.07) is 18.6. The Morgan fingerprint density at radius 1 is 1.07 bits per heavy atom. The monoisotopic (exact) mass is 391 g/mol. The van der Waals surface area contributed by atoms with E-state index in [1.54, 1.807) is 25.1 Å². The summed E-state index contributed by atoms with van der Waals surface area (Å²) in [6.07, 6.45) is 0.289. The van der Waals surface area contributed by atoms with Gasteiger partial charge in [-0.05, 0) is 13.0 Å². The first-order valence-electron chi connectivity index (χ1n) is 9.47. The zero-order chi connectivity index (χ0) is 20.2. The molecule has 2 aliphatic heterocycles. The summed E-state index contributed by atoms with van der Waals surface area (Å²) in [5, 5.41) is 0. The molecule has 0 saturated carbocycles. The van der Waals surface area contributed by atoms with E-state index in [-0.39, 0.29) is 24.5 Å². The summed E-state index contributed by atoms with van der Waals surface area (Å²) in [4.78, 5) is 29.0. The van der Waals surface area contributed by atoms with Gasteiger partial charge in [-0.1, -0.05) is 60.7 Å². The zero-order valence-corrected chi connectivity index (χ0v) is 16.0. The summed E-state index contributed by atoms with van der Waals surface area (Å²) < 4.78 is 17.1. The van der Waals surface area contributed by atoms with E-state index in [9.17, 15) is 9.59 Å². The van der Waals surface area contributed by atoms with Crippen LogP contribution in [0.5, 0.6) is 0 Å². The van der Waals surface area contributed by atoms with Crippen LogP contribution in [-0.4, -0.2) is 36.3 Å². The number of hydrogen-bond acceptors (Lipinski definition) is 6. The number of benzene rings is 2. The van der Waals surface area contributed by atoms with E-state index in [0.29, 0.717) is 11.3 Å². The van der Waals surface area contributed by atoms with Crippen molar-refractivity contribution in [1.82, 2.24) is 0 Å². The van der Waals surface area contributed by atoms with Crippen LogP contribution in [0.2, 0.25) is 0 Å². The lowest BCUT2D eigenvalue weighted by Crippen LogP contribution is -2.45. The number of carbonyl (C=O) groups is 2. The first-order valence-corrected chi connectivity index (χ1v) is 9.47. The maximum Gasteiger partial charge on any atom is 0.357 e. The van der Waals surface area contributed by atoms with Crippen LogP contribution in [0, 0.1) is 0 Å². The number of rotatable bonds is 5. The molecular formula is C23H21NO5. The highest BCUT2D eigenvalue weighted by Gasteiger charge is 2.38. The molecule has 0 aliphatic carbocycles. The summed E-state index contributed by atoms with van der Waals surface area (Å²) in [6.45, 7) is 1.97. The zero-order valence-electron chi connectivity index (χ0n) is 16.0. The molecule has 6 heteroatoms. The minimum Gasteiger partial charge on any atom is -0.452 e. The van der Waals surface area contributed by atoms with Crippen LogP contribution in [0.4, 0.5) is 0 Å². The number of nitrogens with zero attached hydrogens (tertiary/aromatic N) is 1. The van der Waals surface area contributed by atoms with Gasteiger partial charge in [-0.3, -0.25) is 9.79 Å². The van der Waals surface area contributed by atoms with Gasteiger partial charge in [-0.2, -0.15) is 0 Å². The van der Waals surface area contributed by atoms with Gasteiger partial charge in [0.2, 0.25) is 0 Å². The Labute approximate surface area is 168 Å². The van der Waals surface area contributed by atoms with Gasteiger partial charge in [0.15, 0.2) is 18.2 Å². The van der Waals surface area contributed by atoms with Crippen molar-refractivity contribution in [3.63, 3.8) is 0 Å². The van der Waals surface area contributed by atoms with Gasteiger partial charge in [0.05, 0.1) is 6.61 Å².